The number of methoxy groups -OCH3 is 2. The first kappa shape index (κ1) is 19.0. The van der Waals surface area contributed by atoms with Gasteiger partial charge in [0, 0.05) is 34.1 Å². The van der Waals surface area contributed by atoms with Gasteiger partial charge in [-0.05, 0) is 31.2 Å². The lowest BCUT2D eigenvalue weighted by atomic mass is 9.97. The van der Waals surface area contributed by atoms with Gasteiger partial charge in [0.05, 0.1) is 20.0 Å². The average Bonchev–Trinajstić information content (AvgIpc) is 3.11. The zero-order valence-electron chi connectivity index (χ0n) is 15.8. The molecule has 1 aromatic carbocycles. The third-order valence-electron chi connectivity index (χ3n) is 4.69. The van der Waals surface area contributed by atoms with Crippen LogP contribution in [-0.4, -0.2) is 35.8 Å². The van der Waals surface area contributed by atoms with Crippen molar-refractivity contribution in [2.45, 2.75) is 30.7 Å². The maximum absolute atomic E-state index is 12.5. The number of nitrogens with zero attached hydrogens (tertiary/aromatic N) is 2. The fourth-order valence-corrected chi connectivity index (χ4v) is 5.50. The van der Waals surface area contributed by atoms with Crippen LogP contribution >= 0.6 is 23.1 Å². The van der Waals surface area contributed by atoms with Crippen LogP contribution in [0.5, 0.6) is 11.5 Å². The molecule has 2 heterocycles. The quantitative estimate of drug-likeness (QED) is 0.477. The molecule has 0 aliphatic heterocycles. The first-order valence-corrected chi connectivity index (χ1v) is 10.9. The van der Waals surface area contributed by atoms with Gasteiger partial charge in [0.25, 0.3) is 0 Å². The van der Waals surface area contributed by atoms with Gasteiger partial charge in [-0.1, -0.05) is 11.8 Å². The number of nitrogens with one attached hydrogen (secondary N) is 1. The Hall–Kier alpha value is -2.32. The van der Waals surface area contributed by atoms with Gasteiger partial charge in [0.1, 0.15) is 27.7 Å². The van der Waals surface area contributed by atoms with Gasteiger partial charge in [-0.15, -0.1) is 11.3 Å². The summed E-state index contributed by atoms with van der Waals surface area (Å²) in [6.45, 7) is 0. The summed E-state index contributed by atoms with van der Waals surface area (Å²) in [4.78, 5) is 23.9. The molecule has 0 radical (unpaired) electrons. The predicted octanol–water partition coefficient (Wildman–Crippen LogP) is 4.32. The largest absolute Gasteiger partial charge is 0.497 e. The number of aryl methyl sites for hydroxylation is 2. The Bertz CT molecular complexity index is 997. The van der Waals surface area contributed by atoms with Crippen molar-refractivity contribution in [2.24, 2.45) is 0 Å². The molecule has 1 aliphatic carbocycles. The minimum Gasteiger partial charge on any atom is -0.497 e. The molecule has 0 fully saturated rings. The first-order valence-electron chi connectivity index (χ1n) is 9.09. The molecule has 1 N–H and O–H groups in total. The van der Waals surface area contributed by atoms with Crippen molar-refractivity contribution in [3.05, 3.63) is 35.0 Å². The van der Waals surface area contributed by atoms with Crippen molar-refractivity contribution in [1.82, 2.24) is 9.97 Å². The van der Waals surface area contributed by atoms with Crippen LogP contribution in [0.2, 0.25) is 0 Å². The Morgan fingerprint density at radius 2 is 1.89 bits per heavy atom. The molecule has 2 aromatic heterocycles. The highest BCUT2D eigenvalue weighted by molar-refractivity contribution is 8.00. The number of hydrogen-bond donors (Lipinski definition) is 1. The highest BCUT2D eigenvalue weighted by Gasteiger charge is 2.20. The standard InChI is InChI=1S/C20H21N3O3S2/c1-25-13-7-12(8-14(9-13)26-2)23-17(24)10-27-19-18-15-5-3-4-6-16(15)28-20(18)22-11-21-19/h7-9,11H,3-6,10H2,1-2H3,(H,23,24). The SMILES string of the molecule is COc1cc(NC(=O)CSc2ncnc3sc4c(c23)CCCC4)cc(OC)c1. The summed E-state index contributed by atoms with van der Waals surface area (Å²) in [7, 11) is 3.16. The van der Waals surface area contributed by atoms with Crippen LogP contribution in [0.25, 0.3) is 10.2 Å². The van der Waals surface area contributed by atoms with Crippen molar-refractivity contribution in [3.8, 4) is 11.5 Å². The topological polar surface area (TPSA) is 73.3 Å². The maximum atomic E-state index is 12.5. The lowest BCUT2D eigenvalue weighted by molar-refractivity contribution is -0.113. The van der Waals surface area contributed by atoms with Crippen LogP contribution in [0.3, 0.4) is 0 Å². The van der Waals surface area contributed by atoms with Crippen molar-refractivity contribution in [1.29, 1.82) is 0 Å². The van der Waals surface area contributed by atoms with Crippen molar-refractivity contribution in [2.75, 3.05) is 25.3 Å². The molecule has 0 saturated heterocycles. The molecule has 3 aromatic rings. The van der Waals surface area contributed by atoms with Crippen molar-refractivity contribution in [3.63, 3.8) is 0 Å². The number of carbonyl (C=O) groups excluding carboxylic acids is 1. The molecule has 0 bridgehead atoms. The van der Waals surface area contributed by atoms with Gasteiger partial charge in [0.2, 0.25) is 5.91 Å². The summed E-state index contributed by atoms with van der Waals surface area (Å²) in [6.07, 6.45) is 6.24. The lowest BCUT2D eigenvalue weighted by Crippen LogP contribution is -2.14. The molecule has 0 unspecified atom stereocenters. The average molecular weight is 416 g/mol. The predicted molar refractivity (Wildman–Crippen MR) is 113 cm³/mol. The molecule has 6 nitrogen and oxygen atoms in total. The van der Waals surface area contributed by atoms with E-state index in [1.807, 2.05) is 0 Å². The minimum absolute atomic E-state index is 0.101. The van der Waals surface area contributed by atoms with Gasteiger partial charge in [-0.2, -0.15) is 0 Å². The van der Waals surface area contributed by atoms with E-state index in [9.17, 15) is 4.79 Å². The van der Waals surface area contributed by atoms with E-state index in [0.29, 0.717) is 17.2 Å². The van der Waals surface area contributed by atoms with Crippen LogP contribution in [0.1, 0.15) is 23.3 Å². The van der Waals surface area contributed by atoms with Gasteiger partial charge < -0.3 is 14.8 Å². The molecule has 146 valence electrons. The highest BCUT2D eigenvalue weighted by Crippen LogP contribution is 2.39. The number of anilines is 1. The molecular formula is C20H21N3O3S2. The van der Waals surface area contributed by atoms with Crippen LogP contribution in [0, 0.1) is 0 Å². The molecule has 0 atom stereocenters. The smallest absolute Gasteiger partial charge is 0.234 e. The Morgan fingerprint density at radius 1 is 1.14 bits per heavy atom. The number of carbonyl (C=O) groups is 1. The van der Waals surface area contributed by atoms with E-state index in [4.69, 9.17) is 9.47 Å². The monoisotopic (exact) mass is 415 g/mol. The van der Waals surface area contributed by atoms with Crippen LogP contribution < -0.4 is 14.8 Å². The number of rotatable bonds is 6. The minimum atomic E-state index is -0.101. The first-order chi connectivity index (χ1) is 13.7. The second kappa shape index (κ2) is 8.36. The summed E-state index contributed by atoms with van der Waals surface area (Å²) in [5.41, 5.74) is 2.02. The molecule has 28 heavy (non-hydrogen) atoms. The van der Waals surface area contributed by atoms with Gasteiger partial charge in [0.15, 0.2) is 0 Å². The number of fused-ring (bicyclic) bond motifs is 3. The highest BCUT2D eigenvalue weighted by atomic mass is 32.2. The third-order valence-corrected chi connectivity index (χ3v) is 6.88. The number of amides is 1. The number of thiophene rings is 1. The summed E-state index contributed by atoms with van der Waals surface area (Å²) in [5.74, 6) is 1.43. The van der Waals surface area contributed by atoms with E-state index in [1.165, 1.54) is 35.0 Å². The van der Waals surface area contributed by atoms with E-state index < -0.39 is 0 Å². The molecular weight excluding hydrogens is 394 g/mol. The number of ether oxygens (including phenoxy) is 2. The molecule has 1 aliphatic rings. The van der Waals surface area contributed by atoms with Crippen molar-refractivity contribution >= 4 is 44.9 Å². The number of aromatic nitrogens is 2. The Balaban J connectivity index is 1.49. The second-order valence-corrected chi connectivity index (χ2v) is 8.56. The van der Waals surface area contributed by atoms with E-state index in [1.54, 1.807) is 50.1 Å². The number of hydrogen-bond acceptors (Lipinski definition) is 7. The summed E-state index contributed by atoms with van der Waals surface area (Å²) >= 11 is 3.22. The van der Waals surface area contributed by atoms with Gasteiger partial charge >= 0.3 is 0 Å². The fourth-order valence-electron chi connectivity index (χ4n) is 3.38. The molecule has 4 rings (SSSR count). The molecule has 8 heteroatoms. The molecule has 0 spiro atoms. The second-order valence-electron chi connectivity index (χ2n) is 6.51. The zero-order valence-corrected chi connectivity index (χ0v) is 17.4. The molecule has 1 amide bonds. The fraction of sp³-hybridized carbons (Fsp3) is 0.350. The number of thioether (sulfide) groups is 1. The van der Waals surface area contributed by atoms with Gasteiger partial charge in [-0.3, -0.25) is 4.79 Å². The van der Waals surface area contributed by atoms with Gasteiger partial charge in [-0.25, -0.2) is 9.97 Å². The Morgan fingerprint density at radius 3 is 2.64 bits per heavy atom. The third kappa shape index (κ3) is 3.93. The maximum Gasteiger partial charge on any atom is 0.234 e. The van der Waals surface area contributed by atoms with Crippen LogP contribution in [-0.2, 0) is 17.6 Å². The number of benzene rings is 1. The summed E-state index contributed by atoms with van der Waals surface area (Å²) < 4.78 is 10.5. The van der Waals surface area contributed by atoms with E-state index in [0.717, 1.165) is 28.1 Å². The Kier molecular flexibility index (Phi) is 5.68. The molecule has 0 saturated carbocycles. The van der Waals surface area contributed by atoms with E-state index >= 15 is 0 Å². The lowest BCUT2D eigenvalue weighted by Gasteiger charge is -2.12. The normalized spacial score (nSPS) is 13.2. The Labute approximate surface area is 171 Å². The van der Waals surface area contributed by atoms with E-state index in [2.05, 4.69) is 15.3 Å². The van der Waals surface area contributed by atoms with Crippen molar-refractivity contribution < 1.29 is 14.3 Å². The summed E-state index contributed by atoms with van der Waals surface area (Å²) in [5, 5.41) is 4.94. The summed E-state index contributed by atoms with van der Waals surface area (Å²) in [6, 6.07) is 5.30. The van der Waals surface area contributed by atoms with Crippen LogP contribution in [0.4, 0.5) is 5.69 Å². The van der Waals surface area contributed by atoms with E-state index in [-0.39, 0.29) is 11.7 Å². The van der Waals surface area contributed by atoms with Crippen LogP contribution in [0.15, 0.2) is 29.6 Å². The zero-order chi connectivity index (χ0) is 19.5.